The van der Waals surface area contributed by atoms with Crippen molar-refractivity contribution in [2.45, 2.75) is 39.8 Å². The van der Waals surface area contributed by atoms with Crippen LogP contribution in [0.4, 0.5) is 11.4 Å². The molecule has 6 heteroatoms. The van der Waals surface area contributed by atoms with Gasteiger partial charge in [0, 0.05) is 25.7 Å². The van der Waals surface area contributed by atoms with E-state index >= 15 is 0 Å². The van der Waals surface area contributed by atoms with Crippen molar-refractivity contribution >= 4 is 11.4 Å². The minimum absolute atomic E-state index is 0.0133. The van der Waals surface area contributed by atoms with E-state index in [9.17, 15) is 10.1 Å². The average molecular weight is 295 g/mol. The summed E-state index contributed by atoms with van der Waals surface area (Å²) >= 11 is 0. The first kappa shape index (κ1) is 17.2. The topological polar surface area (TPSA) is 67.6 Å². The molecule has 0 bridgehead atoms. The van der Waals surface area contributed by atoms with Gasteiger partial charge in [0.25, 0.3) is 0 Å². The normalized spacial score (nSPS) is 11.2. The summed E-state index contributed by atoms with van der Waals surface area (Å²) in [7, 11) is 1.66. The number of hydrogen-bond donors (Lipinski definition) is 1. The highest BCUT2D eigenvalue weighted by molar-refractivity contribution is 5.68. The Morgan fingerprint density at radius 3 is 2.38 bits per heavy atom. The third kappa shape index (κ3) is 4.60. The van der Waals surface area contributed by atoms with Gasteiger partial charge in [-0.1, -0.05) is 6.07 Å². The van der Waals surface area contributed by atoms with Crippen LogP contribution < -0.4 is 10.1 Å². The number of benzene rings is 1. The van der Waals surface area contributed by atoms with E-state index in [-0.39, 0.29) is 5.69 Å². The lowest BCUT2D eigenvalue weighted by molar-refractivity contribution is -0.384. The fraction of sp³-hybridized carbons (Fsp3) is 0.600. The van der Waals surface area contributed by atoms with E-state index < -0.39 is 4.92 Å². The number of para-hydroxylation sites is 1. The third-order valence-electron chi connectivity index (χ3n) is 3.38. The highest BCUT2D eigenvalue weighted by atomic mass is 16.6. The monoisotopic (exact) mass is 295 g/mol. The zero-order valence-corrected chi connectivity index (χ0v) is 13.4. The Kier molecular flexibility index (Phi) is 6.42. The van der Waals surface area contributed by atoms with E-state index in [0.29, 0.717) is 30.1 Å². The van der Waals surface area contributed by atoms with E-state index in [0.717, 1.165) is 6.54 Å². The van der Waals surface area contributed by atoms with Gasteiger partial charge in [-0.15, -0.1) is 0 Å². The lowest BCUT2D eigenvalue weighted by atomic mass is 10.2. The maximum Gasteiger partial charge on any atom is 0.333 e. The minimum atomic E-state index is -0.413. The molecule has 0 fully saturated rings. The van der Waals surface area contributed by atoms with E-state index in [2.05, 4.69) is 37.9 Å². The zero-order chi connectivity index (χ0) is 16.0. The molecule has 0 saturated heterocycles. The van der Waals surface area contributed by atoms with Crippen LogP contribution in [0.25, 0.3) is 0 Å². The van der Waals surface area contributed by atoms with E-state index in [1.54, 1.807) is 25.2 Å². The van der Waals surface area contributed by atoms with Crippen LogP contribution >= 0.6 is 0 Å². The fourth-order valence-corrected chi connectivity index (χ4v) is 2.40. The Bertz CT molecular complexity index is 467. The van der Waals surface area contributed by atoms with Crippen molar-refractivity contribution < 1.29 is 9.66 Å². The van der Waals surface area contributed by atoms with Gasteiger partial charge in [-0.05, 0) is 39.8 Å². The lowest BCUT2D eigenvalue weighted by Crippen LogP contribution is -2.39. The molecule has 6 nitrogen and oxygen atoms in total. The summed E-state index contributed by atoms with van der Waals surface area (Å²) in [6, 6.07) is 5.86. The molecule has 0 amide bonds. The SMILES string of the molecule is CNc1cccc(OCCN(C(C)C)C(C)C)c1[N+](=O)[O-]. The van der Waals surface area contributed by atoms with Crippen molar-refractivity contribution in [1.82, 2.24) is 4.90 Å². The molecule has 1 rings (SSSR count). The summed E-state index contributed by atoms with van der Waals surface area (Å²) in [4.78, 5) is 13.1. The summed E-state index contributed by atoms with van der Waals surface area (Å²) in [5, 5.41) is 14.0. The molecule has 21 heavy (non-hydrogen) atoms. The van der Waals surface area contributed by atoms with Crippen LogP contribution in [0.2, 0.25) is 0 Å². The molecule has 0 saturated carbocycles. The number of nitrogens with zero attached hydrogens (tertiary/aromatic N) is 2. The number of ether oxygens (including phenoxy) is 1. The number of rotatable bonds is 8. The number of hydrogen-bond acceptors (Lipinski definition) is 5. The summed E-state index contributed by atoms with van der Waals surface area (Å²) in [6.45, 7) is 9.67. The smallest absolute Gasteiger partial charge is 0.333 e. The van der Waals surface area contributed by atoms with Crippen LogP contribution in [0.5, 0.6) is 5.75 Å². The maximum absolute atomic E-state index is 11.2. The summed E-state index contributed by atoms with van der Waals surface area (Å²) in [5.74, 6) is 0.305. The Labute approximate surface area is 126 Å². The molecular weight excluding hydrogens is 270 g/mol. The minimum Gasteiger partial charge on any atom is -0.485 e. The second-order valence-electron chi connectivity index (χ2n) is 5.43. The molecule has 0 aliphatic heterocycles. The predicted molar refractivity (Wildman–Crippen MR) is 85.1 cm³/mol. The number of anilines is 1. The van der Waals surface area contributed by atoms with Gasteiger partial charge in [0.05, 0.1) is 4.92 Å². The highest BCUT2D eigenvalue weighted by Crippen LogP contribution is 2.34. The summed E-state index contributed by atoms with van der Waals surface area (Å²) in [6.07, 6.45) is 0. The quantitative estimate of drug-likeness (QED) is 0.589. The van der Waals surface area contributed by atoms with Crippen molar-refractivity contribution in [2.75, 3.05) is 25.5 Å². The molecule has 1 aromatic carbocycles. The largest absolute Gasteiger partial charge is 0.485 e. The van der Waals surface area contributed by atoms with Crippen LogP contribution in [0, 0.1) is 10.1 Å². The number of nitrogens with one attached hydrogen (secondary N) is 1. The Morgan fingerprint density at radius 1 is 1.29 bits per heavy atom. The van der Waals surface area contributed by atoms with Crippen molar-refractivity contribution in [3.05, 3.63) is 28.3 Å². The van der Waals surface area contributed by atoms with Gasteiger partial charge < -0.3 is 10.1 Å². The number of nitro benzene ring substituents is 1. The molecule has 0 unspecified atom stereocenters. The molecule has 0 aliphatic carbocycles. The second kappa shape index (κ2) is 7.83. The van der Waals surface area contributed by atoms with Crippen LogP contribution in [0.15, 0.2) is 18.2 Å². The maximum atomic E-state index is 11.2. The first-order valence-electron chi connectivity index (χ1n) is 7.22. The van der Waals surface area contributed by atoms with Crippen LogP contribution in [-0.4, -0.2) is 42.1 Å². The van der Waals surface area contributed by atoms with Gasteiger partial charge in [-0.2, -0.15) is 0 Å². The number of nitro groups is 1. The standard InChI is InChI=1S/C15H25N3O3/c1-11(2)17(12(3)4)9-10-21-14-8-6-7-13(16-5)15(14)18(19)20/h6-8,11-12,16H,9-10H2,1-5H3. The fourth-order valence-electron chi connectivity index (χ4n) is 2.40. The Hall–Kier alpha value is -1.82. The molecule has 0 radical (unpaired) electrons. The molecular formula is C15H25N3O3. The van der Waals surface area contributed by atoms with Crippen molar-refractivity contribution in [3.63, 3.8) is 0 Å². The zero-order valence-electron chi connectivity index (χ0n) is 13.4. The van der Waals surface area contributed by atoms with Gasteiger partial charge in [-0.25, -0.2) is 0 Å². The molecule has 1 aromatic rings. The molecule has 0 aliphatic rings. The van der Waals surface area contributed by atoms with Gasteiger partial charge in [0.15, 0.2) is 5.75 Å². The van der Waals surface area contributed by atoms with Crippen molar-refractivity contribution in [3.8, 4) is 5.75 Å². The molecule has 1 N–H and O–H groups in total. The molecule has 0 aromatic heterocycles. The second-order valence-corrected chi connectivity index (χ2v) is 5.43. The van der Waals surface area contributed by atoms with Crippen LogP contribution in [0.3, 0.4) is 0 Å². The van der Waals surface area contributed by atoms with E-state index in [1.807, 2.05) is 0 Å². The Morgan fingerprint density at radius 2 is 1.90 bits per heavy atom. The van der Waals surface area contributed by atoms with Gasteiger partial charge in [0.1, 0.15) is 12.3 Å². The van der Waals surface area contributed by atoms with Crippen LogP contribution in [0.1, 0.15) is 27.7 Å². The van der Waals surface area contributed by atoms with Crippen LogP contribution in [-0.2, 0) is 0 Å². The first-order chi connectivity index (χ1) is 9.88. The van der Waals surface area contributed by atoms with Gasteiger partial charge >= 0.3 is 5.69 Å². The average Bonchev–Trinajstić information content (AvgIpc) is 2.41. The molecule has 118 valence electrons. The van der Waals surface area contributed by atoms with Gasteiger partial charge in [-0.3, -0.25) is 15.0 Å². The lowest BCUT2D eigenvalue weighted by Gasteiger charge is -2.30. The first-order valence-corrected chi connectivity index (χ1v) is 7.22. The highest BCUT2D eigenvalue weighted by Gasteiger charge is 2.21. The van der Waals surface area contributed by atoms with Crippen molar-refractivity contribution in [2.24, 2.45) is 0 Å². The van der Waals surface area contributed by atoms with Gasteiger partial charge in [0.2, 0.25) is 0 Å². The van der Waals surface area contributed by atoms with E-state index in [4.69, 9.17) is 4.74 Å². The summed E-state index contributed by atoms with van der Waals surface area (Å²) < 4.78 is 5.65. The third-order valence-corrected chi connectivity index (χ3v) is 3.38. The summed E-state index contributed by atoms with van der Waals surface area (Å²) in [5.41, 5.74) is 0.447. The molecule has 0 spiro atoms. The Balaban J connectivity index is 2.78. The predicted octanol–water partition coefficient (Wildman–Crippen LogP) is 3.13. The molecule has 0 atom stereocenters. The molecule has 0 heterocycles. The van der Waals surface area contributed by atoms with Crippen molar-refractivity contribution in [1.29, 1.82) is 0 Å². The van der Waals surface area contributed by atoms with E-state index in [1.165, 1.54) is 0 Å².